The summed E-state index contributed by atoms with van der Waals surface area (Å²) in [6.45, 7) is 3.87. The lowest BCUT2D eigenvalue weighted by Gasteiger charge is -2.24. The van der Waals surface area contributed by atoms with Crippen LogP contribution in [-0.4, -0.2) is 27.6 Å². The molecule has 0 fully saturated rings. The summed E-state index contributed by atoms with van der Waals surface area (Å²) in [6.07, 6.45) is 7.71. The summed E-state index contributed by atoms with van der Waals surface area (Å²) in [5.41, 5.74) is 5.17. The SMILES string of the molecule is Cc1ccc(S(=O)(=O)N2c3ccccc3SC2/C=C/c2ccc(/C=C/C3Sc4ccccc4N3S(=O)(=O)c3ccc(C)cc3)cc2)cc1. The van der Waals surface area contributed by atoms with E-state index < -0.39 is 30.8 Å². The average Bonchev–Trinajstić information content (AvgIpc) is 3.66. The van der Waals surface area contributed by atoms with Crippen molar-refractivity contribution in [3.05, 3.63) is 156 Å². The van der Waals surface area contributed by atoms with Crippen molar-refractivity contribution in [2.24, 2.45) is 0 Å². The number of hydrogen-bond donors (Lipinski definition) is 0. The van der Waals surface area contributed by atoms with Crippen LogP contribution >= 0.6 is 23.5 Å². The van der Waals surface area contributed by atoms with Gasteiger partial charge < -0.3 is 0 Å². The number of anilines is 2. The molecule has 0 bridgehead atoms. The predicted octanol–water partition coefficient (Wildman–Crippen LogP) is 8.98. The van der Waals surface area contributed by atoms with Crippen LogP contribution in [0.15, 0.2) is 153 Å². The number of hydrogen-bond acceptors (Lipinski definition) is 6. The number of aryl methyl sites for hydroxylation is 2. The lowest BCUT2D eigenvalue weighted by Crippen LogP contribution is -2.34. The first-order chi connectivity index (χ1) is 23.1. The number of thioether (sulfide) groups is 2. The lowest BCUT2D eigenvalue weighted by atomic mass is 10.1. The molecule has 10 heteroatoms. The molecule has 2 unspecified atom stereocenters. The first-order valence-corrected chi connectivity index (χ1v) is 20.0. The molecule has 2 aliphatic rings. The van der Waals surface area contributed by atoms with Crippen LogP contribution in [-0.2, 0) is 20.0 Å². The Kier molecular flexibility index (Phi) is 8.76. The van der Waals surface area contributed by atoms with Crippen molar-refractivity contribution in [3.63, 3.8) is 0 Å². The summed E-state index contributed by atoms with van der Waals surface area (Å²) in [6, 6.07) is 36.9. The Labute approximate surface area is 290 Å². The highest BCUT2D eigenvalue weighted by Crippen LogP contribution is 2.48. The third kappa shape index (κ3) is 6.21. The molecule has 0 amide bonds. The van der Waals surface area contributed by atoms with Crippen LogP contribution < -0.4 is 8.61 Å². The van der Waals surface area contributed by atoms with E-state index in [4.69, 9.17) is 0 Å². The van der Waals surface area contributed by atoms with Gasteiger partial charge in [-0.2, -0.15) is 0 Å². The molecular formula is C38H32N2O4S4. The highest BCUT2D eigenvalue weighted by Gasteiger charge is 2.39. The molecule has 0 radical (unpaired) electrons. The molecule has 7 rings (SSSR count). The Bertz CT molecular complexity index is 2090. The van der Waals surface area contributed by atoms with Crippen LogP contribution in [0.25, 0.3) is 12.2 Å². The molecule has 0 aliphatic carbocycles. The Morgan fingerprint density at radius 1 is 0.500 bits per heavy atom. The van der Waals surface area contributed by atoms with Crippen LogP contribution in [0.1, 0.15) is 22.3 Å². The van der Waals surface area contributed by atoms with Crippen molar-refractivity contribution in [1.82, 2.24) is 0 Å². The topological polar surface area (TPSA) is 74.8 Å². The van der Waals surface area contributed by atoms with Gasteiger partial charge in [-0.15, -0.1) is 0 Å². The van der Waals surface area contributed by atoms with Crippen molar-refractivity contribution in [2.75, 3.05) is 8.61 Å². The van der Waals surface area contributed by atoms with E-state index in [1.165, 1.54) is 32.1 Å². The molecule has 2 heterocycles. The van der Waals surface area contributed by atoms with Gasteiger partial charge >= 0.3 is 0 Å². The third-order valence-corrected chi connectivity index (χ3v) is 14.5. The first kappa shape index (κ1) is 32.3. The van der Waals surface area contributed by atoms with Gasteiger partial charge in [-0.3, -0.25) is 0 Å². The van der Waals surface area contributed by atoms with E-state index in [-0.39, 0.29) is 9.79 Å². The van der Waals surface area contributed by atoms with Gasteiger partial charge in [-0.05, 0) is 85.7 Å². The number of sulfonamides is 2. The van der Waals surface area contributed by atoms with Gasteiger partial charge in [0.25, 0.3) is 20.0 Å². The summed E-state index contributed by atoms with van der Waals surface area (Å²) in [4.78, 5) is 2.34. The standard InChI is InChI=1S/C38H32N2O4S4/c1-27-11-21-31(22-12-27)47(41,42)39-33-7-3-5-9-35(33)45-37(39)25-19-29-15-17-30(18-16-29)20-26-38-40(34-8-4-6-10-36(34)46-38)48(43,44)32-23-13-28(2)14-24-32/h3-26,37-38H,1-2H3/b25-19+,26-20+. The molecule has 2 aliphatic heterocycles. The van der Waals surface area contributed by atoms with E-state index in [2.05, 4.69) is 0 Å². The Balaban J connectivity index is 1.11. The maximum absolute atomic E-state index is 13.8. The summed E-state index contributed by atoms with van der Waals surface area (Å²) >= 11 is 3.00. The van der Waals surface area contributed by atoms with Crippen LogP contribution in [0.3, 0.4) is 0 Å². The fourth-order valence-corrected chi connectivity index (χ4v) is 11.8. The molecule has 0 saturated carbocycles. The molecule has 0 spiro atoms. The van der Waals surface area contributed by atoms with Crippen LogP contribution in [0.4, 0.5) is 11.4 Å². The highest BCUT2D eigenvalue weighted by molar-refractivity contribution is 8.03. The van der Waals surface area contributed by atoms with E-state index in [0.29, 0.717) is 11.4 Å². The largest absolute Gasteiger partial charge is 0.265 e. The lowest BCUT2D eigenvalue weighted by molar-refractivity contribution is 0.590. The molecule has 2 atom stereocenters. The minimum atomic E-state index is -3.80. The summed E-state index contributed by atoms with van der Waals surface area (Å²) in [5, 5.41) is -0.897. The van der Waals surface area contributed by atoms with Gasteiger partial charge in [-0.1, -0.05) is 120 Å². The number of rotatable bonds is 8. The second-order valence-corrected chi connectivity index (χ2v) is 17.5. The van der Waals surface area contributed by atoms with Crippen molar-refractivity contribution >= 4 is 67.1 Å². The van der Waals surface area contributed by atoms with Gasteiger partial charge in [0.1, 0.15) is 10.7 Å². The minimum absolute atomic E-state index is 0.258. The predicted molar refractivity (Wildman–Crippen MR) is 198 cm³/mol. The second kappa shape index (κ2) is 13.0. The fourth-order valence-electron chi connectivity index (χ4n) is 5.63. The maximum atomic E-state index is 13.8. The molecule has 242 valence electrons. The molecule has 5 aromatic rings. The highest BCUT2D eigenvalue weighted by atomic mass is 32.2. The van der Waals surface area contributed by atoms with Gasteiger partial charge in [-0.25, -0.2) is 25.4 Å². The quantitative estimate of drug-likeness (QED) is 0.160. The average molecular weight is 709 g/mol. The number of fused-ring (bicyclic) bond motifs is 2. The van der Waals surface area contributed by atoms with E-state index in [0.717, 1.165) is 32.0 Å². The van der Waals surface area contributed by atoms with Gasteiger partial charge in [0.15, 0.2) is 0 Å². The molecule has 0 aromatic heterocycles. The van der Waals surface area contributed by atoms with Gasteiger partial charge in [0.05, 0.1) is 21.2 Å². The Morgan fingerprint density at radius 3 is 1.23 bits per heavy atom. The van der Waals surface area contributed by atoms with Crippen molar-refractivity contribution in [3.8, 4) is 0 Å². The number of benzene rings is 5. The minimum Gasteiger partial charge on any atom is -0.248 e. The van der Waals surface area contributed by atoms with Crippen LogP contribution in [0, 0.1) is 13.8 Å². The summed E-state index contributed by atoms with van der Waals surface area (Å²) in [5.74, 6) is 0. The van der Waals surface area contributed by atoms with Crippen molar-refractivity contribution in [2.45, 2.75) is 44.2 Å². The van der Waals surface area contributed by atoms with Gasteiger partial charge in [0.2, 0.25) is 0 Å². The second-order valence-electron chi connectivity index (χ2n) is 11.6. The number of nitrogens with zero attached hydrogens (tertiary/aromatic N) is 2. The monoisotopic (exact) mass is 708 g/mol. The van der Waals surface area contributed by atoms with E-state index in [9.17, 15) is 16.8 Å². The summed E-state index contributed by atoms with van der Waals surface area (Å²) < 4.78 is 58.3. The summed E-state index contributed by atoms with van der Waals surface area (Å²) in [7, 11) is -7.59. The zero-order valence-corrected chi connectivity index (χ0v) is 29.4. The van der Waals surface area contributed by atoms with E-state index in [1.54, 1.807) is 24.3 Å². The molecule has 0 saturated heterocycles. The Morgan fingerprint density at radius 2 is 0.854 bits per heavy atom. The smallest absolute Gasteiger partial charge is 0.248 e. The number of para-hydroxylation sites is 2. The molecule has 6 nitrogen and oxygen atoms in total. The van der Waals surface area contributed by atoms with E-state index >= 15 is 0 Å². The van der Waals surface area contributed by atoms with Crippen LogP contribution in [0.2, 0.25) is 0 Å². The first-order valence-electron chi connectivity index (χ1n) is 15.3. The van der Waals surface area contributed by atoms with Crippen molar-refractivity contribution in [1.29, 1.82) is 0 Å². The Hall–Kier alpha value is -4.22. The van der Waals surface area contributed by atoms with Gasteiger partial charge in [0, 0.05) is 9.79 Å². The molecule has 0 N–H and O–H groups in total. The van der Waals surface area contributed by atoms with E-state index in [1.807, 2.05) is 135 Å². The van der Waals surface area contributed by atoms with Crippen LogP contribution in [0.5, 0.6) is 0 Å². The zero-order valence-electron chi connectivity index (χ0n) is 26.2. The fraction of sp³-hybridized carbons (Fsp3) is 0.105. The molecule has 48 heavy (non-hydrogen) atoms. The maximum Gasteiger partial charge on any atom is 0.265 e. The normalized spacial score (nSPS) is 17.7. The molecule has 5 aromatic carbocycles. The third-order valence-electron chi connectivity index (χ3n) is 8.16. The zero-order chi connectivity index (χ0) is 33.5. The molecular weight excluding hydrogens is 677 g/mol. The van der Waals surface area contributed by atoms with Crippen molar-refractivity contribution < 1.29 is 16.8 Å².